The number of carbonyl (C=O) groups is 1. The number of carboxylic acids is 1. The summed E-state index contributed by atoms with van der Waals surface area (Å²) >= 11 is 11.9. The highest BCUT2D eigenvalue weighted by Gasteiger charge is 2.26. The van der Waals surface area contributed by atoms with Crippen LogP contribution in [0, 0.1) is 0 Å². The van der Waals surface area contributed by atoms with Crippen molar-refractivity contribution in [3.05, 3.63) is 33.8 Å². The van der Waals surface area contributed by atoms with Gasteiger partial charge in [-0.05, 0) is 17.7 Å². The van der Waals surface area contributed by atoms with Crippen molar-refractivity contribution in [2.24, 2.45) is 0 Å². The second-order valence-electron chi connectivity index (χ2n) is 4.17. The zero-order valence-electron chi connectivity index (χ0n) is 9.60. The third kappa shape index (κ3) is 3.36. The summed E-state index contributed by atoms with van der Waals surface area (Å²) in [5.41, 5.74) is 0.937. The van der Waals surface area contributed by atoms with Gasteiger partial charge in [0.25, 0.3) is 0 Å². The number of morpholine rings is 1. The molecule has 1 saturated heterocycles. The number of halogens is 2. The molecule has 1 atom stereocenters. The molecule has 2 rings (SSSR count). The van der Waals surface area contributed by atoms with Crippen LogP contribution < -0.4 is 0 Å². The standard InChI is InChI=1S/C12H13Cl2NO3/c13-9-2-1-8(10(14)5-9)6-15-3-4-18-11(7-15)12(16)17/h1-2,5,11H,3-4,6-7H2,(H,16,17). The number of carboxylic acid groups (broad SMARTS) is 1. The van der Waals surface area contributed by atoms with Gasteiger partial charge < -0.3 is 9.84 Å². The zero-order chi connectivity index (χ0) is 13.1. The maximum absolute atomic E-state index is 10.9. The molecular weight excluding hydrogens is 277 g/mol. The number of benzene rings is 1. The molecule has 18 heavy (non-hydrogen) atoms. The molecule has 1 heterocycles. The van der Waals surface area contributed by atoms with E-state index in [2.05, 4.69) is 0 Å². The van der Waals surface area contributed by atoms with Gasteiger partial charge in [-0.3, -0.25) is 4.90 Å². The molecule has 0 bridgehead atoms. The molecule has 0 radical (unpaired) electrons. The van der Waals surface area contributed by atoms with Crippen molar-refractivity contribution < 1.29 is 14.6 Å². The minimum Gasteiger partial charge on any atom is -0.479 e. The molecule has 6 heteroatoms. The molecule has 1 aromatic rings. The number of nitrogens with zero attached hydrogens (tertiary/aromatic N) is 1. The maximum Gasteiger partial charge on any atom is 0.334 e. The van der Waals surface area contributed by atoms with Crippen LogP contribution in [0.15, 0.2) is 18.2 Å². The Hall–Kier alpha value is -0.810. The summed E-state index contributed by atoms with van der Waals surface area (Å²) in [5.74, 6) is -0.929. The van der Waals surface area contributed by atoms with E-state index in [1.165, 1.54) is 0 Å². The van der Waals surface area contributed by atoms with E-state index in [4.69, 9.17) is 33.0 Å². The first kappa shape index (κ1) is 13.6. The molecule has 0 aromatic heterocycles. The van der Waals surface area contributed by atoms with E-state index in [1.807, 2.05) is 11.0 Å². The first-order valence-electron chi connectivity index (χ1n) is 5.57. The molecule has 4 nitrogen and oxygen atoms in total. The average Bonchev–Trinajstić information content (AvgIpc) is 2.33. The van der Waals surface area contributed by atoms with Crippen LogP contribution in [-0.4, -0.2) is 41.8 Å². The van der Waals surface area contributed by atoms with E-state index < -0.39 is 12.1 Å². The molecule has 0 amide bonds. The van der Waals surface area contributed by atoms with Crippen LogP contribution in [-0.2, 0) is 16.1 Å². The highest BCUT2D eigenvalue weighted by Crippen LogP contribution is 2.23. The fourth-order valence-corrected chi connectivity index (χ4v) is 2.35. The molecule has 1 aromatic carbocycles. The number of hydrogen-bond acceptors (Lipinski definition) is 3. The summed E-state index contributed by atoms with van der Waals surface area (Å²) in [4.78, 5) is 12.9. The number of aliphatic carboxylic acids is 1. The van der Waals surface area contributed by atoms with Crippen molar-refractivity contribution in [2.75, 3.05) is 19.7 Å². The zero-order valence-corrected chi connectivity index (χ0v) is 11.1. The lowest BCUT2D eigenvalue weighted by atomic mass is 10.2. The van der Waals surface area contributed by atoms with Crippen LogP contribution in [0.4, 0.5) is 0 Å². The third-order valence-corrected chi connectivity index (χ3v) is 3.42. The normalized spacial score (nSPS) is 20.9. The van der Waals surface area contributed by atoms with Crippen molar-refractivity contribution in [1.82, 2.24) is 4.90 Å². The molecule has 0 aliphatic carbocycles. The summed E-state index contributed by atoms with van der Waals surface area (Å²) in [6.45, 7) is 2.09. The smallest absolute Gasteiger partial charge is 0.334 e. The van der Waals surface area contributed by atoms with E-state index in [9.17, 15) is 4.79 Å². The minimum atomic E-state index is -0.929. The monoisotopic (exact) mass is 289 g/mol. The average molecular weight is 290 g/mol. The van der Waals surface area contributed by atoms with Gasteiger partial charge in [0.05, 0.1) is 6.61 Å². The molecule has 0 saturated carbocycles. The first-order valence-corrected chi connectivity index (χ1v) is 6.32. The molecule has 1 aliphatic heterocycles. The lowest BCUT2D eigenvalue weighted by Crippen LogP contribution is -2.45. The lowest BCUT2D eigenvalue weighted by Gasteiger charge is -2.30. The van der Waals surface area contributed by atoms with Crippen LogP contribution in [0.25, 0.3) is 0 Å². The van der Waals surface area contributed by atoms with Gasteiger partial charge in [-0.2, -0.15) is 0 Å². The van der Waals surface area contributed by atoms with Gasteiger partial charge in [-0.1, -0.05) is 29.3 Å². The molecule has 1 fully saturated rings. The van der Waals surface area contributed by atoms with Crippen LogP contribution in [0.1, 0.15) is 5.56 Å². The summed E-state index contributed by atoms with van der Waals surface area (Å²) in [7, 11) is 0. The Balaban J connectivity index is 2.02. The summed E-state index contributed by atoms with van der Waals surface area (Å²) in [6.07, 6.45) is -0.759. The Bertz CT molecular complexity index is 453. The Morgan fingerprint density at radius 2 is 2.28 bits per heavy atom. The lowest BCUT2D eigenvalue weighted by molar-refractivity contribution is -0.156. The van der Waals surface area contributed by atoms with Gasteiger partial charge in [-0.25, -0.2) is 4.79 Å². The third-order valence-electron chi connectivity index (χ3n) is 2.84. The second-order valence-corrected chi connectivity index (χ2v) is 5.01. The van der Waals surface area contributed by atoms with Gasteiger partial charge in [0.1, 0.15) is 0 Å². The number of ether oxygens (including phenoxy) is 1. The van der Waals surface area contributed by atoms with E-state index in [0.717, 1.165) is 5.56 Å². The summed E-state index contributed by atoms with van der Waals surface area (Å²) in [6, 6.07) is 5.32. The Kier molecular flexibility index (Phi) is 4.45. The SMILES string of the molecule is O=C(O)C1CN(Cc2ccc(Cl)cc2Cl)CCO1. The first-order chi connectivity index (χ1) is 8.56. The Morgan fingerprint density at radius 3 is 2.94 bits per heavy atom. The maximum atomic E-state index is 10.9. The van der Waals surface area contributed by atoms with Crippen molar-refractivity contribution in [3.8, 4) is 0 Å². The van der Waals surface area contributed by atoms with Crippen LogP contribution >= 0.6 is 23.2 Å². The van der Waals surface area contributed by atoms with Gasteiger partial charge in [0.2, 0.25) is 0 Å². The minimum absolute atomic E-state index is 0.369. The number of rotatable bonds is 3. The van der Waals surface area contributed by atoms with E-state index in [1.54, 1.807) is 12.1 Å². The molecule has 1 aliphatic rings. The summed E-state index contributed by atoms with van der Waals surface area (Å²) in [5, 5.41) is 10.1. The molecule has 1 N–H and O–H groups in total. The largest absolute Gasteiger partial charge is 0.479 e. The molecular formula is C12H13Cl2NO3. The highest BCUT2D eigenvalue weighted by molar-refractivity contribution is 6.35. The number of hydrogen-bond donors (Lipinski definition) is 1. The fraction of sp³-hybridized carbons (Fsp3) is 0.417. The van der Waals surface area contributed by atoms with Crippen molar-refractivity contribution in [2.45, 2.75) is 12.6 Å². The van der Waals surface area contributed by atoms with Crippen molar-refractivity contribution in [1.29, 1.82) is 0 Å². The highest BCUT2D eigenvalue weighted by atomic mass is 35.5. The predicted octanol–water partition coefficient (Wildman–Crippen LogP) is 2.28. The Morgan fingerprint density at radius 1 is 1.50 bits per heavy atom. The second kappa shape index (κ2) is 5.89. The molecule has 1 unspecified atom stereocenters. The molecule has 98 valence electrons. The van der Waals surface area contributed by atoms with Gasteiger partial charge in [0.15, 0.2) is 6.10 Å². The van der Waals surface area contributed by atoms with Crippen molar-refractivity contribution in [3.63, 3.8) is 0 Å². The Labute approximate surface area is 115 Å². The van der Waals surface area contributed by atoms with Crippen molar-refractivity contribution >= 4 is 29.2 Å². The van der Waals surface area contributed by atoms with Gasteiger partial charge in [-0.15, -0.1) is 0 Å². The van der Waals surface area contributed by atoms with Gasteiger partial charge >= 0.3 is 5.97 Å². The van der Waals surface area contributed by atoms with Crippen LogP contribution in [0.5, 0.6) is 0 Å². The van der Waals surface area contributed by atoms with Gasteiger partial charge in [0, 0.05) is 29.7 Å². The quantitative estimate of drug-likeness (QED) is 0.928. The summed E-state index contributed by atoms with van der Waals surface area (Å²) < 4.78 is 5.16. The van der Waals surface area contributed by atoms with E-state index in [0.29, 0.717) is 36.3 Å². The molecule has 0 spiro atoms. The van der Waals surface area contributed by atoms with E-state index >= 15 is 0 Å². The van der Waals surface area contributed by atoms with Crippen LogP contribution in [0.2, 0.25) is 10.0 Å². The van der Waals surface area contributed by atoms with E-state index in [-0.39, 0.29) is 0 Å². The topological polar surface area (TPSA) is 49.8 Å². The fourth-order valence-electron chi connectivity index (χ4n) is 1.89. The predicted molar refractivity (Wildman–Crippen MR) is 69.1 cm³/mol. The van der Waals surface area contributed by atoms with Crippen LogP contribution in [0.3, 0.4) is 0 Å².